The molecule has 1 aliphatic rings. The van der Waals surface area contributed by atoms with E-state index in [1.165, 1.54) is 43.1 Å². The van der Waals surface area contributed by atoms with E-state index < -0.39 is 22.4 Å². The van der Waals surface area contributed by atoms with Gasteiger partial charge in [0.25, 0.3) is 11.2 Å². The topological polar surface area (TPSA) is 127 Å². The molecule has 2 N–H and O–H groups in total. The number of nitro benzene ring substituents is 1. The van der Waals surface area contributed by atoms with Gasteiger partial charge in [0.2, 0.25) is 0 Å². The van der Waals surface area contributed by atoms with Crippen LogP contribution in [0, 0.1) is 10.1 Å². The van der Waals surface area contributed by atoms with Crippen molar-refractivity contribution in [2.45, 2.75) is 18.0 Å². The number of H-pyrrole nitrogens is 1. The third kappa shape index (κ3) is 3.31. The van der Waals surface area contributed by atoms with Crippen LogP contribution in [-0.2, 0) is 9.53 Å². The Morgan fingerprint density at radius 1 is 1.33 bits per heavy atom. The summed E-state index contributed by atoms with van der Waals surface area (Å²) in [6.07, 6.45) is 1.78. The van der Waals surface area contributed by atoms with Crippen molar-refractivity contribution in [3.8, 4) is 0 Å². The molecule has 1 aliphatic heterocycles. The Labute approximate surface area is 158 Å². The molecule has 0 saturated carbocycles. The molecule has 0 saturated heterocycles. The van der Waals surface area contributed by atoms with Crippen LogP contribution in [-0.4, -0.2) is 34.2 Å². The third-order valence-corrected chi connectivity index (χ3v) is 4.84. The van der Waals surface area contributed by atoms with Gasteiger partial charge in [-0.1, -0.05) is 23.9 Å². The molecule has 10 heteroatoms. The second kappa shape index (κ2) is 7.23. The van der Waals surface area contributed by atoms with E-state index in [1.54, 1.807) is 13.2 Å². The highest BCUT2D eigenvalue weighted by Gasteiger charge is 2.36. The quantitative estimate of drug-likeness (QED) is 0.269. The molecule has 140 valence electrons. The van der Waals surface area contributed by atoms with E-state index in [2.05, 4.69) is 15.3 Å². The first-order chi connectivity index (χ1) is 12.9. The molecule has 0 amide bonds. The maximum Gasteiger partial charge on any atom is 0.336 e. The first-order valence-corrected chi connectivity index (χ1v) is 9.08. The first kappa shape index (κ1) is 18.6. The van der Waals surface area contributed by atoms with Crippen molar-refractivity contribution < 1.29 is 14.5 Å². The lowest BCUT2D eigenvalue weighted by Crippen LogP contribution is -2.30. The molecular weight excluding hydrogens is 372 g/mol. The van der Waals surface area contributed by atoms with Crippen molar-refractivity contribution in [1.82, 2.24) is 9.97 Å². The number of fused-ring (bicyclic) bond motifs is 1. The van der Waals surface area contributed by atoms with Crippen LogP contribution in [0.1, 0.15) is 24.0 Å². The fraction of sp³-hybridized carbons (Fsp3) is 0.235. The minimum atomic E-state index is -0.762. The molecule has 0 unspecified atom stereocenters. The molecule has 2 heterocycles. The average Bonchev–Trinajstić information content (AvgIpc) is 2.66. The summed E-state index contributed by atoms with van der Waals surface area (Å²) < 4.78 is 4.89. The molecule has 2 aromatic rings. The van der Waals surface area contributed by atoms with E-state index in [4.69, 9.17) is 4.74 Å². The Hall–Kier alpha value is -3.14. The van der Waals surface area contributed by atoms with Gasteiger partial charge in [0, 0.05) is 17.8 Å². The number of non-ortho nitro benzene ring substituents is 1. The smallest absolute Gasteiger partial charge is 0.336 e. The standard InChI is InChI=1S/C17H16N4O5S/c1-8-11(16(23)26-2)12(9-4-6-10(7-5-9)21(24)25)13-14(18-8)19-17(27-3)20-15(13)22/h4-7,12H,1-3H3,(H2,18,19,20,22)/t12-/m1/s1. The number of hydrogen-bond acceptors (Lipinski definition) is 8. The van der Waals surface area contributed by atoms with E-state index in [1.807, 2.05) is 0 Å². The number of methoxy groups -OCH3 is 1. The normalized spacial score (nSPS) is 15.7. The van der Waals surface area contributed by atoms with Crippen LogP contribution in [0.2, 0.25) is 0 Å². The van der Waals surface area contributed by atoms with Crippen molar-refractivity contribution >= 4 is 29.2 Å². The summed E-state index contributed by atoms with van der Waals surface area (Å²) in [5.41, 5.74) is 1.08. The number of aromatic nitrogens is 2. The zero-order valence-electron chi connectivity index (χ0n) is 14.7. The van der Waals surface area contributed by atoms with E-state index in [9.17, 15) is 19.7 Å². The number of aromatic amines is 1. The van der Waals surface area contributed by atoms with Crippen LogP contribution in [0.5, 0.6) is 0 Å². The molecule has 0 fully saturated rings. The van der Waals surface area contributed by atoms with Gasteiger partial charge in [-0.2, -0.15) is 0 Å². The van der Waals surface area contributed by atoms with Crippen molar-refractivity contribution in [2.75, 3.05) is 18.7 Å². The zero-order chi connectivity index (χ0) is 19.7. The Morgan fingerprint density at radius 2 is 2.00 bits per heavy atom. The number of hydrogen-bond donors (Lipinski definition) is 2. The summed E-state index contributed by atoms with van der Waals surface area (Å²) in [6.45, 7) is 1.69. The molecule has 27 heavy (non-hydrogen) atoms. The van der Waals surface area contributed by atoms with E-state index in [-0.39, 0.29) is 16.8 Å². The monoisotopic (exact) mass is 388 g/mol. The molecule has 0 radical (unpaired) electrons. The molecule has 0 bridgehead atoms. The van der Waals surface area contributed by atoms with E-state index in [0.29, 0.717) is 22.2 Å². The van der Waals surface area contributed by atoms with Gasteiger partial charge in [-0.25, -0.2) is 9.78 Å². The van der Waals surface area contributed by atoms with Crippen molar-refractivity contribution in [3.05, 3.63) is 67.1 Å². The molecule has 0 aliphatic carbocycles. The fourth-order valence-electron chi connectivity index (χ4n) is 3.03. The minimum Gasteiger partial charge on any atom is -0.466 e. The zero-order valence-corrected chi connectivity index (χ0v) is 15.5. The van der Waals surface area contributed by atoms with E-state index >= 15 is 0 Å². The Bertz CT molecular complexity index is 1010. The first-order valence-electron chi connectivity index (χ1n) is 7.86. The van der Waals surface area contributed by atoms with Crippen LogP contribution in [0.15, 0.2) is 45.5 Å². The lowest BCUT2D eigenvalue weighted by Gasteiger charge is -2.28. The summed E-state index contributed by atoms with van der Waals surface area (Å²) in [5, 5.41) is 14.4. The molecule has 1 atom stereocenters. The summed E-state index contributed by atoms with van der Waals surface area (Å²) in [6, 6.07) is 5.71. The molecular formula is C17H16N4O5S. The highest BCUT2D eigenvalue weighted by molar-refractivity contribution is 7.98. The van der Waals surface area contributed by atoms with Crippen LogP contribution >= 0.6 is 11.8 Å². The maximum absolute atomic E-state index is 12.7. The number of ether oxygens (including phenoxy) is 1. The number of esters is 1. The van der Waals surface area contributed by atoms with Gasteiger partial charge in [-0.3, -0.25) is 14.9 Å². The summed E-state index contributed by atoms with van der Waals surface area (Å²) in [7, 11) is 1.25. The number of benzene rings is 1. The maximum atomic E-state index is 12.7. The Kier molecular flexibility index (Phi) is 5.00. The predicted molar refractivity (Wildman–Crippen MR) is 99.9 cm³/mol. The highest BCUT2D eigenvalue weighted by atomic mass is 32.2. The lowest BCUT2D eigenvalue weighted by molar-refractivity contribution is -0.384. The molecule has 1 aromatic carbocycles. The van der Waals surface area contributed by atoms with Gasteiger partial charge < -0.3 is 15.0 Å². The summed E-state index contributed by atoms with van der Waals surface area (Å²) in [4.78, 5) is 42.6. The number of anilines is 1. The number of nitrogens with zero attached hydrogens (tertiary/aromatic N) is 2. The molecule has 1 aromatic heterocycles. The minimum absolute atomic E-state index is 0.0852. The van der Waals surface area contributed by atoms with E-state index in [0.717, 1.165) is 0 Å². The largest absolute Gasteiger partial charge is 0.466 e. The van der Waals surface area contributed by atoms with Gasteiger partial charge in [0.05, 0.1) is 29.1 Å². The number of allylic oxidation sites excluding steroid dienone is 1. The van der Waals surface area contributed by atoms with Crippen LogP contribution in [0.25, 0.3) is 0 Å². The van der Waals surface area contributed by atoms with Crippen molar-refractivity contribution in [2.24, 2.45) is 0 Å². The van der Waals surface area contributed by atoms with Gasteiger partial charge in [0.1, 0.15) is 5.82 Å². The van der Waals surface area contributed by atoms with Gasteiger partial charge in [0.15, 0.2) is 5.16 Å². The molecule has 9 nitrogen and oxygen atoms in total. The second-order valence-corrected chi connectivity index (χ2v) is 6.57. The summed E-state index contributed by atoms with van der Waals surface area (Å²) in [5.74, 6) is -1.01. The number of rotatable bonds is 4. The Balaban J connectivity index is 2.25. The number of carbonyl (C=O) groups excluding carboxylic acids is 1. The van der Waals surface area contributed by atoms with Crippen LogP contribution in [0.3, 0.4) is 0 Å². The SMILES string of the molecule is COC(=O)C1=C(C)Nc2nc(SC)[nH]c(=O)c2[C@@H]1c1ccc([N+](=O)[O-])cc1. The molecule has 0 spiro atoms. The van der Waals surface area contributed by atoms with Crippen molar-refractivity contribution in [1.29, 1.82) is 0 Å². The van der Waals surface area contributed by atoms with Crippen LogP contribution < -0.4 is 10.9 Å². The third-order valence-electron chi connectivity index (χ3n) is 4.26. The van der Waals surface area contributed by atoms with Gasteiger partial charge in [-0.15, -0.1) is 0 Å². The van der Waals surface area contributed by atoms with Crippen molar-refractivity contribution in [3.63, 3.8) is 0 Å². The Morgan fingerprint density at radius 3 is 2.56 bits per heavy atom. The molecule has 3 rings (SSSR count). The highest BCUT2D eigenvalue weighted by Crippen LogP contribution is 2.40. The average molecular weight is 388 g/mol. The number of nitrogens with one attached hydrogen (secondary N) is 2. The summed E-state index contributed by atoms with van der Waals surface area (Å²) >= 11 is 1.28. The fourth-order valence-corrected chi connectivity index (χ4v) is 3.41. The lowest BCUT2D eigenvalue weighted by atomic mass is 9.82. The van der Waals surface area contributed by atoms with Gasteiger partial charge >= 0.3 is 5.97 Å². The van der Waals surface area contributed by atoms with Crippen LogP contribution in [0.4, 0.5) is 11.5 Å². The predicted octanol–water partition coefficient (Wildman–Crippen LogP) is 2.40. The van der Waals surface area contributed by atoms with Gasteiger partial charge in [-0.05, 0) is 18.7 Å². The number of carbonyl (C=O) groups is 1. The second-order valence-electron chi connectivity index (χ2n) is 5.77. The number of thioether (sulfide) groups is 1. The number of nitro groups is 1.